The third-order valence-electron chi connectivity index (χ3n) is 1.91. The fourth-order valence-electron chi connectivity index (χ4n) is 1.24. The lowest BCUT2D eigenvalue weighted by molar-refractivity contribution is 1.06. The second-order valence-electron chi connectivity index (χ2n) is 3.15. The first kappa shape index (κ1) is 10.1. The zero-order valence-corrected chi connectivity index (χ0v) is 8.54. The minimum Gasteiger partial charge on any atom is -0.368 e. The summed E-state index contributed by atoms with van der Waals surface area (Å²) in [5, 5.41) is 0. The van der Waals surface area contributed by atoms with Crippen molar-refractivity contribution in [3.63, 3.8) is 0 Å². The maximum atomic E-state index is 5.45. The van der Waals surface area contributed by atoms with Crippen molar-refractivity contribution in [2.75, 3.05) is 11.5 Å². The Hall–Kier alpha value is -2.43. The molecule has 0 aliphatic heterocycles. The molecule has 0 saturated carbocycles. The molecule has 0 amide bonds. The van der Waals surface area contributed by atoms with Crippen LogP contribution in [-0.2, 0) is 0 Å². The van der Waals surface area contributed by atoms with Crippen LogP contribution in [0.15, 0.2) is 30.3 Å². The van der Waals surface area contributed by atoms with Gasteiger partial charge in [-0.2, -0.15) is 15.0 Å². The highest BCUT2D eigenvalue weighted by molar-refractivity contribution is 5.66. The summed E-state index contributed by atoms with van der Waals surface area (Å²) in [4.78, 5) is 11.6. The van der Waals surface area contributed by atoms with Crippen molar-refractivity contribution >= 4 is 24.0 Å². The Morgan fingerprint density at radius 1 is 0.812 bits per heavy atom. The number of aromatic nitrogens is 3. The first-order valence-electron chi connectivity index (χ1n) is 4.74. The van der Waals surface area contributed by atoms with E-state index in [0.29, 0.717) is 5.82 Å². The van der Waals surface area contributed by atoms with Crippen molar-refractivity contribution in [3.05, 3.63) is 41.7 Å². The number of hydrogen-bond acceptors (Lipinski definition) is 5. The molecule has 0 spiro atoms. The minimum absolute atomic E-state index is 0.125. The topological polar surface area (TPSA) is 90.7 Å². The highest BCUT2D eigenvalue weighted by Gasteiger charge is 1.97. The Kier molecular flexibility index (Phi) is 2.77. The molecule has 1 heterocycles. The van der Waals surface area contributed by atoms with Crippen LogP contribution in [0.5, 0.6) is 0 Å². The van der Waals surface area contributed by atoms with E-state index < -0.39 is 0 Å². The van der Waals surface area contributed by atoms with Gasteiger partial charge in [0.15, 0.2) is 5.82 Å². The van der Waals surface area contributed by atoms with Gasteiger partial charge in [-0.25, -0.2) is 0 Å². The van der Waals surface area contributed by atoms with Crippen LogP contribution >= 0.6 is 0 Å². The molecule has 0 aliphatic rings. The van der Waals surface area contributed by atoms with Crippen molar-refractivity contribution in [2.24, 2.45) is 0 Å². The summed E-state index contributed by atoms with van der Waals surface area (Å²) in [6.07, 6.45) is 3.62. The summed E-state index contributed by atoms with van der Waals surface area (Å²) in [7, 11) is 0. The molecule has 80 valence electrons. The van der Waals surface area contributed by atoms with E-state index in [2.05, 4.69) is 15.0 Å². The molecule has 5 nitrogen and oxygen atoms in total. The molecule has 2 rings (SSSR count). The average Bonchev–Trinajstić information content (AvgIpc) is 2.27. The van der Waals surface area contributed by atoms with Crippen LogP contribution in [0.2, 0.25) is 0 Å². The van der Waals surface area contributed by atoms with Crippen LogP contribution in [0.1, 0.15) is 11.4 Å². The number of nitrogen functional groups attached to an aromatic ring is 2. The van der Waals surface area contributed by atoms with E-state index >= 15 is 0 Å². The molecule has 1 aromatic heterocycles. The molecule has 0 unspecified atom stereocenters. The molecule has 1 aromatic carbocycles. The summed E-state index contributed by atoms with van der Waals surface area (Å²) in [6, 6.07) is 9.82. The summed E-state index contributed by atoms with van der Waals surface area (Å²) in [5.41, 5.74) is 12.0. The highest BCUT2D eigenvalue weighted by atomic mass is 15.1. The number of nitrogens with two attached hydrogens (primary N) is 2. The van der Waals surface area contributed by atoms with Gasteiger partial charge in [0.2, 0.25) is 11.9 Å². The van der Waals surface area contributed by atoms with Gasteiger partial charge in [0, 0.05) is 0 Å². The third-order valence-corrected chi connectivity index (χ3v) is 1.91. The second kappa shape index (κ2) is 4.39. The van der Waals surface area contributed by atoms with Gasteiger partial charge in [-0.3, -0.25) is 0 Å². The zero-order valence-electron chi connectivity index (χ0n) is 8.54. The minimum atomic E-state index is 0.125. The Morgan fingerprint density at radius 3 is 2.06 bits per heavy atom. The van der Waals surface area contributed by atoms with Crippen molar-refractivity contribution < 1.29 is 0 Å². The molecule has 2 aromatic rings. The molecule has 4 N–H and O–H groups in total. The van der Waals surface area contributed by atoms with Gasteiger partial charge in [-0.05, 0) is 11.6 Å². The highest BCUT2D eigenvalue weighted by Crippen LogP contribution is 2.06. The SMILES string of the molecule is Nc1nc(N)nc(/C=C/c2ccccc2)n1. The van der Waals surface area contributed by atoms with Crippen LogP contribution in [0.25, 0.3) is 12.2 Å². The molecule has 0 bridgehead atoms. The van der Waals surface area contributed by atoms with Crippen LogP contribution in [-0.4, -0.2) is 15.0 Å². The first-order valence-corrected chi connectivity index (χ1v) is 4.74. The van der Waals surface area contributed by atoms with Crippen LogP contribution < -0.4 is 11.5 Å². The van der Waals surface area contributed by atoms with Gasteiger partial charge in [-0.15, -0.1) is 0 Å². The fourth-order valence-corrected chi connectivity index (χ4v) is 1.24. The summed E-state index contributed by atoms with van der Waals surface area (Å²) in [5.74, 6) is 0.703. The maximum absolute atomic E-state index is 5.45. The molecule has 16 heavy (non-hydrogen) atoms. The van der Waals surface area contributed by atoms with Crippen molar-refractivity contribution in [1.82, 2.24) is 15.0 Å². The standard InChI is InChI=1S/C11H11N5/c12-10-14-9(15-11(13)16-10)7-6-8-4-2-1-3-5-8/h1-7H,(H4,12,13,14,15,16)/b7-6+. The molecule has 0 atom stereocenters. The van der Waals surface area contributed by atoms with E-state index in [1.54, 1.807) is 6.08 Å². The second-order valence-corrected chi connectivity index (χ2v) is 3.15. The van der Waals surface area contributed by atoms with Gasteiger partial charge in [0.1, 0.15) is 0 Å². The normalized spacial score (nSPS) is 10.8. The summed E-state index contributed by atoms with van der Waals surface area (Å²) >= 11 is 0. The molecule has 0 radical (unpaired) electrons. The lowest BCUT2D eigenvalue weighted by Gasteiger charge is -1.96. The average molecular weight is 213 g/mol. The Balaban J connectivity index is 2.24. The Morgan fingerprint density at radius 2 is 1.44 bits per heavy atom. The number of nitrogens with zero attached hydrogens (tertiary/aromatic N) is 3. The lowest BCUT2D eigenvalue weighted by atomic mass is 10.2. The molecule has 0 aliphatic carbocycles. The number of hydrogen-bond donors (Lipinski definition) is 2. The summed E-state index contributed by atoms with van der Waals surface area (Å²) in [6.45, 7) is 0. The molecule has 0 fully saturated rings. The van der Waals surface area contributed by atoms with Crippen LogP contribution in [0, 0.1) is 0 Å². The van der Waals surface area contributed by atoms with Gasteiger partial charge in [0.25, 0.3) is 0 Å². The zero-order chi connectivity index (χ0) is 11.4. The third kappa shape index (κ3) is 2.54. The molecule has 0 saturated heterocycles. The quantitative estimate of drug-likeness (QED) is 0.782. The van der Waals surface area contributed by atoms with Crippen molar-refractivity contribution in [3.8, 4) is 0 Å². The fraction of sp³-hybridized carbons (Fsp3) is 0. The maximum Gasteiger partial charge on any atom is 0.225 e. The summed E-state index contributed by atoms with van der Waals surface area (Å²) < 4.78 is 0. The Bertz CT molecular complexity index is 487. The van der Waals surface area contributed by atoms with E-state index in [1.165, 1.54) is 0 Å². The van der Waals surface area contributed by atoms with Gasteiger partial charge in [0.05, 0.1) is 0 Å². The van der Waals surface area contributed by atoms with E-state index in [4.69, 9.17) is 11.5 Å². The Labute approximate surface area is 92.9 Å². The van der Waals surface area contributed by atoms with Crippen molar-refractivity contribution in [1.29, 1.82) is 0 Å². The number of benzene rings is 1. The van der Waals surface area contributed by atoms with Gasteiger partial charge in [-0.1, -0.05) is 36.4 Å². The predicted molar refractivity (Wildman–Crippen MR) is 64.0 cm³/mol. The molecular formula is C11H11N5. The van der Waals surface area contributed by atoms with E-state index in [9.17, 15) is 0 Å². The molecule has 5 heteroatoms. The number of rotatable bonds is 2. The van der Waals surface area contributed by atoms with Gasteiger partial charge >= 0.3 is 0 Å². The van der Waals surface area contributed by atoms with E-state index in [-0.39, 0.29) is 11.9 Å². The monoisotopic (exact) mass is 213 g/mol. The predicted octanol–water partition coefficient (Wildman–Crippen LogP) is 1.21. The first-order chi connectivity index (χ1) is 7.74. The van der Waals surface area contributed by atoms with E-state index in [1.807, 2.05) is 36.4 Å². The largest absolute Gasteiger partial charge is 0.368 e. The van der Waals surface area contributed by atoms with Gasteiger partial charge < -0.3 is 11.5 Å². The lowest BCUT2D eigenvalue weighted by Crippen LogP contribution is -2.03. The van der Waals surface area contributed by atoms with Crippen LogP contribution in [0.3, 0.4) is 0 Å². The van der Waals surface area contributed by atoms with E-state index in [0.717, 1.165) is 5.56 Å². The van der Waals surface area contributed by atoms with Crippen molar-refractivity contribution in [2.45, 2.75) is 0 Å². The van der Waals surface area contributed by atoms with Crippen LogP contribution in [0.4, 0.5) is 11.9 Å². The smallest absolute Gasteiger partial charge is 0.225 e. The number of anilines is 2. The molecular weight excluding hydrogens is 202 g/mol.